The molecule has 3 heterocycles. The van der Waals surface area contributed by atoms with Crippen molar-refractivity contribution >= 4 is 17.5 Å². The molecule has 0 bridgehead atoms. The maximum Gasteiger partial charge on any atom is 0.253 e. The van der Waals surface area contributed by atoms with E-state index in [1.54, 1.807) is 11.1 Å². The zero-order valence-electron chi connectivity index (χ0n) is 16.7. The van der Waals surface area contributed by atoms with E-state index in [0.29, 0.717) is 23.6 Å². The van der Waals surface area contributed by atoms with Crippen LogP contribution in [0.5, 0.6) is 0 Å². The molecule has 0 aliphatic carbocycles. The molecule has 0 saturated carbocycles. The third-order valence-corrected chi connectivity index (χ3v) is 5.64. The highest BCUT2D eigenvalue weighted by Gasteiger charge is 2.36. The fourth-order valence-corrected chi connectivity index (χ4v) is 3.75. The van der Waals surface area contributed by atoms with Crippen LogP contribution < -0.4 is 5.32 Å². The number of amides is 1. The first-order valence-electron chi connectivity index (χ1n) is 9.92. The average Bonchev–Trinajstić information content (AvgIpc) is 3.31. The molecule has 1 aliphatic rings. The van der Waals surface area contributed by atoms with Crippen molar-refractivity contribution in [3.8, 4) is 11.5 Å². The Morgan fingerprint density at radius 3 is 2.77 bits per heavy atom. The number of halogens is 3. The second kappa shape index (κ2) is 9.11. The number of aromatic nitrogens is 2. The van der Waals surface area contributed by atoms with E-state index in [9.17, 15) is 9.18 Å². The Morgan fingerprint density at radius 2 is 2.06 bits per heavy atom. The molecule has 0 spiro atoms. The number of nitrogens with zero attached hydrogens (tertiary/aromatic N) is 3. The van der Waals surface area contributed by atoms with Crippen LogP contribution in [-0.4, -0.2) is 46.1 Å². The lowest BCUT2D eigenvalue weighted by Gasteiger charge is -2.36. The molecule has 1 fully saturated rings. The van der Waals surface area contributed by atoms with Gasteiger partial charge in [0.1, 0.15) is 17.2 Å². The van der Waals surface area contributed by atoms with Gasteiger partial charge in [0.15, 0.2) is 12.2 Å². The van der Waals surface area contributed by atoms with Gasteiger partial charge in [0.25, 0.3) is 5.91 Å². The van der Waals surface area contributed by atoms with Gasteiger partial charge in [-0.15, -0.1) is 0 Å². The predicted octanol–water partition coefficient (Wildman–Crippen LogP) is 4.26. The molecular weight excluding hydrogens is 426 g/mol. The van der Waals surface area contributed by atoms with E-state index in [4.69, 9.17) is 16.0 Å². The minimum atomic E-state index is -1.42. The van der Waals surface area contributed by atoms with Crippen molar-refractivity contribution in [1.82, 2.24) is 20.2 Å². The first-order valence-corrected chi connectivity index (χ1v) is 10.3. The summed E-state index contributed by atoms with van der Waals surface area (Å²) in [6.07, 6.45) is 3.36. The van der Waals surface area contributed by atoms with Gasteiger partial charge in [0.05, 0.1) is 16.9 Å². The van der Waals surface area contributed by atoms with Gasteiger partial charge in [-0.2, -0.15) is 0 Å². The summed E-state index contributed by atoms with van der Waals surface area (Å²) < 4.78 is 33.8. The highest BCUT2D eigenvalue weighted by Crippen LogP contribution is 2.27. The zero-order chi connectivity index (χ0) is 21.8. The number of hydrogen-bond donors (Lipinski definition) is 1. The second-order valence-corrected chi connectivity index (χ2v) is 7.96. The summed E-state index contributed by atoms with van der Waals surface area (Å²) in [5.41, 5.74) is 0.311. The smallest absolute Gasteiger partial charge is 0.253 e. The molecule has 2 aromatic heterocycles. The predicted molar refractivity (Wildman–Crippen MR) is 112 cm³/mol. The van der Waals surface area contributed by atoms with Crippen molar-refractivity contribution < 1.29 is 18.0 Å². The number of carbonyl (C=O) groups excluding carboxylic acids is 1. The van der Waals surface area contributed by atoms with Gasteiger partial charge in [-0.05, 0) is 30.3 Å². The Hall–Kier alpha value is -2.84. The molecule has 6 nitrogen and oxygen atoms in total. The first-order chi connectivity index (χ1) is 14.9. The van der Waals surface area contributed by atoms with Crippen LogP contribution in [0, 0.1) is 5.82 Å². The normalized spacial score (nSPS) is 15.8. The quantitative estimate of drug-likeness (QED) is 0.612. The lowest BCUT2D eigenvalue weighted by Crippen LogP contribution is -2.48. The minimum Gasteiger partial charge on any atom is -0.442 e. The molecule has 1 saturated heterocycles. The van der Waals surface area contributed by atoms with Crippen molar-refractivity contribution in [2.75, 3.05) is 19.6 Å². The van der Waals surface area contributed by atoms with Crippen molar-refractivity contribution in [1.29, 1.82) is 0 Å². The van der Waals surface area contributed by atoms with Gasteiger partial charge in [-0.3, -0.25) is 4.79 Å². The molecular formula is C22H21ClF2N4O2. The molecule has 1 aliphatic heterocycles. The van der Waals surface area contributed by atoms with Crippen LogP contribution >= 0.6 is 11.6 Å². The summed E-state index contributed by atoms with van der Waals surface area (Å²) in [6.45, 7) is 1.13. The first kappa shape index (κ1) is 21.4. The number of carbonyl (C=O) groups is 1. The summed E-state index contributed by atoms with van der Waals surface area (Å²) in [4.78, 5) is 22.5. The molecule has 0 radical (unpaired) electrons. The monoisotopic (exact) mass is 446 g/mol. The van der Waals surface area contributed by atoms with Gasteiger partial charge < -0.3 is 14.6 Å². The Morgan fingerprint density at radius 1 is 1.26 bits per heavy atom. The minimum absolute atomic E-state index is 0.104. The number of oxazole rings is 1. The number of benzene rings is 1. The fourth-order valence-electron chi connectivity index (χ4n) is 3.57. The third-order valence-electron chi connectivity index (χ3n) is 5.35. The van der Waals surface area contributed by atoms with Crippen LogP contribution in [0.2, 0.25) is 5.02 Å². The van der Waals surface area contributed by atoms with E-state index in [2.05, 4.69) is 15.3 Å². The number of pyridine rings is 1. The highest BCUT2D eigenvalue weighted by molar-refractivity contribution is 6.31. The van der Waals surface area contributed by atoms with Gasteiger partial charge in [0, 0.05) is 44.6 Å². The van der Waals surface area contributed by atoms with Crippen molar-refractivity contribution in [3.63, 3.8) is 0 Å². The SMILES string of the molecule is O=C(c1ccc(F)c(Cl)c1)N1CCC(F)(CNCc2cccc(-c3cnco3)n2)CC1. The van der Waals surface area contributed by atoms with E-state index < -0.39 is 11.5 Å². The van der Waals surface area contributed by atoms with Crippen LogP contribution in [0.1, 0.15) is 28.9 Å². The van der Waals surface area contributed by atoms with E-state index in [-0.39, 0.29) is 43.4 Å². The molecule has 1 amide bonds. The summed E-state index contributed by atoms with van der Waals surface area (Å²) in [6, 6.07) is 9.39. The maximum absolute atomic E-state index is 15.2. The topological polar surface area (TPSA) is 71.3 Å². The molecule has 162 valence electrons. The molecule has 0 unspecified atom stereocenters. The Labute approximate surface area is 183 Å². The Balaban J connectivity index is 1.28. The zero-order valence-corrected chi connectivity index (χ0v) is 17.4. The molecule has 31 heavy (non-hydrogen) atoms. The average molecular weight is 447 g/mol. The number of alkyl halides is 1. The van der Waals surface area contributed by atoms with Gasteiger partial charge in [0.2, 0.25) is 0 Å². The van der Waals surface area contributed by atoms with Crippen molar-refractivity contribution in [2.45, 2.75) is 25.1 Å². The third kappa shape index (κ3) is 5.08. The van der Waals surface area contributed by atoms with E-state index in [0.717, 1.165) is 11.8 Å². The second-order valence-electron chi connectivity index (χ2n) is 7.56. The number of hydrogen-bond acceptors (Lipinski definition) is 5. The van der Waals surface area contributed by atoms with Crippen LogP contribution in [0.4, 0.5) is 8.78 Å². The van der Waals surface area contributed by atoms with E-state index >= 15 is 4.39 Å². The number of rotatable bonds is 6. The standard InChI is InChI=1S/C22H21ClF2N4O2/c23-17-10-15(4-5-18(17)24)21(30)29-8-6-22(25,7-9-29)13-26-11-16-2-1-3-19(28-16)20-12-27-14-31-20/h1-5,10,12,14,26H,6-9,11,13H2. The lowest BCUT2D eigenvalue weighted by molar-refractivity contribution is 0.0434. The number of piperidine rings is 1. The van der Waals surface area contributed by atoms with Crippen LogP contribution in [-0.2, 0) is 6.54 Å². The molecule has 1 N–H and O–H groups in total. The highest BCUT2D eigenvalue weighted by atomic mass is 35.5. The van der Waals surface area contributed by atoms with Crippen molar-refractivity contribution in [2.24, 2.45) is 0 Å². The largest absolute Gasteiger partial charge is 0.442 e. The molecule has 9 heteroatoms. The Bertz CT molecular complexity index is 1050. The number of nitrogens with one attached hydrogen (secondary N) is 1. The number of likely N-dealkylation sites (tertiary alicyclic amines) is 1. The molecule has 0 atom stereocenters. The molecule has 3 aromatic rings. The van der Waals surface area contributed by atoms with Crippen LogP contribution in [0.15, 0.2) is 53.4 Å². The molecule has 1 aromatic carbocycles. The van der Waals surface area contributed by atoms with Gasteiger partial charge in [-0.1, -0.05) is 17.7 Å². The van der Waals surface area contributed by atoms with E-state index in [1.807, 2.05) is 18.2 Å². The summed E-state index contributed by atoms with van der Waals surface area (Å²) in [7, 11) is 0. The van der Waals surface area contributed by atoms with Crippen LogP contribution in [0.3, 0.4) is 0 Å². The summed E-state index contributed by atoms with van der Waals surface area (Å²) in [5, 5.41) is 3.02. The maximum atomic E-state index is 15.2. The van der Waals surface area contributed by atoms with Crippen molar-refractivity contribution in [3.05, 3.63) is 71.1 Å². The van der Waals surface area contributed by atoms with E-state index in [1.165, 1.54) is 18.5 Å². The van der Waals surface area contributed by atoms with Gasteiger partial charge in [-0.25, -0.2) is 18.7 Å². The lowest BCUT2D eigenvalue weighted by atomic mass is 9.92. The van der Waals surface area contributed by atoms with Crippen LogP contribution in [0.25, 0.3) is 11.5 Å². The molecule has 4 rings (SSSR count). The summed E-state index contributed by atoms with van der Waals surface area (Å²) >= 11 is 5.76. The Kier molecular flexibility index (Phi) is 6.29. The fraction of sp³-hybridized carbons (Fsp3) is 0.318. The van der Waals surface area contributed by atoms with Gasteiger partial charge >= 0.3 is 0 Å². The summed E-state index contributed by atoms with van der Waals surface area (Å²) in [5.74, 6) is -0.278.